The van der Waals surface area contributed by atoms with E-state index in [9.17, 15) is 13.2 Å². The Morgan fingerprint density at radius 2 is 1.87 bits per heavy atom. The van der Waals surface area contributed by atoms with Crippen LogP contribution in [0.4, 0.5) is 0 Å². The summed E-state index contributed by atoms with van der Waals surface area (Å²) in [5.41, 5.74) is 1.43. The summed E-state index contributed by atoms with van der Waals surface area (Å²) in [5, 5.41) is 4.49. The number of H-pyrrole nitrogens is 1. The summed E-state index contributed by atoms with van der Waals surface area (Å²) in [7, 11) is -2.20. The molecule has 3 aromatic heterocycles. The highest BCUT2D eigenvalue weighted by Gasteiger charge is 2.30. The van der Waals surface area contributed by atoms with Crippen molar-refractivity contribution in [3.05, 3.63) is 28.3 Å². The molecule has 0 unspecified atom stereocenters. The lowest BCUT2D eigenvalue weighted by Gasteiger charge is -2.33. The molecule has 0 radical (unpaired) electrons. The molecule has 1 aliphatic heterocycles. The summed E-state index contributed by atoms with van der Waals surface area (Å²) in [6.07, 6.45) is 2.83. The smallest absolute Gasteiger partial charge is 0.279 e. The van der Waals surface area contributed by atoms with Crippen LogP contribution in [0.15, 0.2) is 22.0 Å². The van der Waals surface area contributed by atoms with E-state index in [1.165, 1.54) is 16.6 Å². The zero-order chi connectivity index (χ0) is 28.2. The van der Waals surface area contributed by atoms with Gasteiger partial charge >= 0.3 is 0 Å². The topological polar surface area (TPSA) is 136 Å². The number of hydrogen-bond acceptors (Lipinski definition) is 9. The third kappa shape index (κ3) is 6.32. The van der Waals surface area contributed by atoms with Crippen LogP contribution in [-0.4, -0.2) is 95.4 Å². The molecule has 0 atom stereocenters. The van der Waals surface area contributed by atoms with Gasteiger partial charge in [-0.05, 0) is 24.9 Å². The molecule has 1 aliphatic rings. The van der Waals surface area contributed by atoms with E-state index in [1.807, 2.05) is 20.8 Å². The summed E-state index contributed by atoms with van der Waals surface area (Å²) in [6.45, 7) is 12.4. The predicted molar refractivity (Wildman–Crippen MR) is 148 cm³/mol. The number of nitrogens with one attached hydrogen (secondary N) is 1. The fourth-order valence-corrected chi connectivity index (χ4v) is 5.97. The Morgan fingerprint density at radius 1 is 1.13 bits per heavy atom. The van der Waals surface area contributed by atoms with Crippen LogP contribution >= 0.6 is 0 Å². The van der Waals surface area contributed by atoms with Crippen LogP contribution in [0, 0.1) is 5.92 Å². The van der Waals surface area contributed by atoms with Crippen LogP contribution in [0.5, 0.6) is 5.88 Å². The quantitative estimate of drug-likeness (QED) is 0.353. The maximum atomic E-state index is 13.6. The summed E-state index contributed by atoms with van der Waals surface area (Å²) in [6, 6.07) is 1.50. The van der Waals surface area contributed by atoms with E-state index in [4.69, 9.17) is 14.5 Å². The van der Waals surface area contributed by atoms with E-state index in [0.717, 1.165) is 18.7 Å². The van der Waals surface area contributed by atoms with Crippen LogP contribution < -0.4 is 10.3 Å². The van der Waals surface area contributed by atoms with Crippen molar-refractivity contribution in [2.45, 2.75) is 52.0 Å². The number of ether oxygens (including phenoxy) is 2. The van der Waals surface area contributed by atoms with Gasteiger partial charge in [-0.2, -0.15) is 9.40 Å². The van der Waals surface area contributed by atoms with Crippen molar-refractivity contribution in [3.63, 3.8) is 0 Å². The average molecular weight is 562 g/mol. The summed E-state index contributed by atoms with van der Waals surface area (Å²) >= 11 is 0. The number of aromatic amines is 1. The Morgan fingerprint density at radius 3 is 2.51 bits per heavy atom. The lowest BCUT2D eigenvalue weighted by molar-refractivity contribution is 0.182. The van der Waals surface area contributed by atoms with Crippen LogP contribution in [0.1, 0.15) is 39.8 Å². The van der Waals surface area contributed by atoms with Gasteiger partial charge in [0.15, 0.2) is 5.52 Å². The molecule has 0 amide bonds. The Bertz CT molecular complexity index is 1440. The molecular weight excluding hydrogens is 522 g/mol. The van der Waals surface area contributed by atoms with E-state index in [2.05, 4.69) is 26.9 Å². The van der Waals surface area contributed by atoms with Crippen LogP contribution in [0.25, 0.3) is 22.4 Å². The molecule has 39 heavy (non-hydrogen) atoms. The van der Waals surface area contributed by atoms with Crippen LogP contribution in [0.3, 0.4) is 0 Å². The monoisotopic (exact) mass is 561 g/mol. The van der Waals surface area contributed by atoms with Crippen molar-refractivity contribution >= 4 is 21.1 Å². The van der Waals surface area contributed by atoms with Gasteiger partial charge in [0.05, 0.1) is 37.2 Å². The highest BCUT2D eigenvalue weighted by Crippen LogP contribution is 2.30. The van der Waals surface area contributed by atoms with E-state index >= 15 is 0 Å². The standard InChI is InChI=1S/C26H39N7O5S/c1-6-8-21-22-23(30-33(21)13-14-37-5)25(34)29-24(28-22)20-15-19(16-27-26(20)38-17-18(3)4)39(35,36)32-11-9-31(7-2)10-12-32/h15-16,18H,6-14,17H2,1-5H3,(H,28,29,34). The van der Waals surface area contributed by atoms with Gasteiger partial charge in [-0.15, -0.1) is 0 Å². The number of fused-ring (bicyclic) bond motifs is 1. The number of pyridine rings is 1. The van der Waals surface area contributed by atoms with Crippen LogP contribution in [-0.2, 0) is 27.7 Å². The van der Waals surface area contributed by atoms with Gasteiger partial charge in [0.1, 0.15) is 16.2 Å². The molecule has 1 saturated heterocycles. The number of nitrogens with zero attached hydrogens (tertiary/aromatic N) is 6. The predicted octanol–water partition coefficient (Wildman–Crippen LogP) is 2.14. The van der Waals surface area contributed by atoms with E-state index < -0.39 is 15.6 Å². The number of piperazine rings is 1. The third-order valence-corrected chi connectivity index (χ3v) is 8.61. The van der Waals surface area contributed by atoms with Gasteiger partial charge in [0, 0.05) is 33.3 Å². The maximum absolute atomic E-state index is 13.6. The van der Waals surface area contributed by atoms with Gasteiger partial charge < -0.3 is 19.4 Å². The number of likely N-dealkylation sites (N-methyl/N-ethyl adjacent to an activating group) is 1. The zero-order valence-corrected chi connectivity index (χ0v) is 24.3. The number of methoxy groups -OCH3 is 1. The Kier molecular flexibility index (Phi) is 9.36. The molecule has 0 aliphatic carbocycles. The van der Waals surface area contributed by atoms with Crippen molar-refractivity contribution < 1.29 is 17.9 Å². The van der Waals surface area contributed by atoms with E-state index in [0.29, 0.717) is 63.4 Å². The Hall–Kier alpha value is -2.87. The second-order valence-electron chi connectivity index (χ2n) is 10.1. The molecule has 4 rings (SSSR count). The van der Waals surface area contributed by atoms with Crippen molar-refractivity contribution in [2.24, 2.45) is 5.92 Å². The van der Waals surface area contributed by atoms with Crippen molar-refractivity contribution in [3.8, 4) is 17.3 Å². The summed E-state index contributed by atoms with van der Waals surface area (Å²) in [4.78, 5) is 27.4. The molecule has 13 heteroatoms. The van der Waals surface area contributed by atoms with E-state index in [1.54, 1.807) is 11.8 Å². The molecule has 12 nitrogen and oxygen atoms in total. The Balaban J connectivity index is 1.82. The third-order valence-electron chi connectivity index (χ3n) is 6.75. The highest BCUT2D eigenvalue weighted by atomic mass is 32.2. The fraction of sp³-hybridized carbons (Fsp3) is 0.615. The number of sulfonamides is 1. The summed E-state index contributed by atoms with van der Waals surface area (Å²) < 4.78 is 41.6. The van der Waals surface area contributed by atoms with E-state index in [-0.39, 0.29) is 28.0 Å². The molecule has 0 spiro atoms. The number of hydrogen-bond donors (Lipinski definition) is 1. The first-order chi connectivity index (χ1) is 18.7. The summed E-state index contributed by atoms with van der Waals surface area (Å²) in [5.74, 6) is 0.614. The van der Waals surface area contributed by atoms with Gasteiger partial charge in [-0.25, -0.2) is 18.4 Å². The normalized spacial score (nSPS) is 15.4. The first-order valence-corrected chi connectivity index (χ1v) is 15.0. The molecular formula is C26H39N7O5S. The van der Waals surface area contributed by atoms with Crippen molar-refractivity contribution in [1.82, 2.24) is 33.9 Å². The molecule has 0 saturated carbocycles. The van der Waals surface area contributed by atoms with Crippen LogP contribution in [0.2, 0.25) is 0 Å². The SMILES string of the molecule is CCCc1c2nc(-c3cc(S(=O)(=O)N4CCN(CC)CC4)cnc3OCC(C)C)[nH]c(=O)c2nn1CCOC. The zero-order valence-electron chi connectivity index (χ0n) is 23.4. The minimum Gasteiger partial charge on any atom is -0.477 e. The molecule has 4 heterocycles. The lowest BCUT2D eigenvalue weighted by Crippen LogP contribution is -2.48. The average Bonchev–Trinajstić information content (AvgIpc) is 3.28. The van der Waals surface area contributed by atoms with Crippen molar-refractivity contribution in [1.29, 1.82) is 0 Å². The molecule has 1 fully saturated rings. The molecule has 214 valence electrons. The van der Waals surface area contributed by atoms with Crippen molar-refractivity contribution in [2.75, 3.05) is 53.0 Å². The second kappa shape index (κ2) is 12.5. The van der Waals surface area contributed by atoms with Gasteiger partial charge in [0.2, 0.25) is 15.9 Å². The van der Waals surface area contributed by atoms with Gasteiger partial charge in [-0.1, -0.05) is 34.1 Å². The molecule has 1 N–H and O–H groups in total. The fourth-order valence-electron chi connectivity index (χ4n) is 4.58. The number of aryl methyl sites for hydroxylation is 1. The minimum atomic E-state index is -3.81. The Labute approximate surface area is 229 Å². The highest BCUT2D eigenvalue weighted by molar-refractivity contribution is 7.89. The number of aromatic nitrogens is 5. The molecule has 3 aromatic rings. The minimum absolute atomic E-state index is 0.0339. The number of rotatable bonds is 12. The first kappa shape index (κ1) is 29.1. The molecule has 0 aromatic carbocycles. The lowest BCUT2D eigenvalue weighted by atomic mass is 10.2. The largest absolute Gasteiger partial charge is 0.477 e. The first-order valence-electron chi connectivity index (χ1n) is 13.5. The second-order valence-corrected chi connectivity index (χ2v) is 12.0. The maximum Gasteiger partial charge on any atom is 0.279 e. The molecule has 0 bridgehead atoms. The van der Waals surface area contributed by atoms with Gasteiger partial charge in [-0.3, -0.25) is 9.48 Å². The van der Waals surface area contributed by atoms with Gasteiger partial charge in [0.25, 0.3) is 5.56 Å².